The lowest BCUT2D eigenvalue weighted by Gasteiger charge is -2.37. The van der Waals surface area contributed by atoms with E-state index in [0.717, 1.165) is 35.6 Å². The van der Waals surface area contributed by atoms with Gasteiger partial charge in [0.15, 0.2) is 5.65 Å². The van der Waals surface area contributed by atoms with E-state index in [1.165, 1.54) is 0 Å². The molecule has 1 unspecified atom stereocenters. The first-order valence-electron chi connectivity index (χ1n) is 11.4. The first kappa shape index (κ1) is 21.1. The molecular formula is C23H31N7O2. The number of pyridine rings is 1. The molecule has 3 aliphatic rings. The average Bonchev–Trinajstić information content (AvgIpc) is 2.80. The van der Waals surface area contributed by atoms with Crippen LogP contribution < -0.4 is 15.5 Å². The maximum absolute atomic E-state index is 5.99. The molecule has 5 heterocycles. The monoisotopic (exact) mass is 437 g/mol. The molecule has 32 heavy (non-hydrogen) atoms. The molecule has 170 valence electrons. The van der Waals surface area contributed by atoms with Gasteiger partial charge in [-0.05, 0) is 37.6 Å². The van der Waals surface area contributed by atoms with Gasteiger partial charge in [-0.25, -0.2) is 4.98 Å². The van der Waals surface area contributed by atoms with Crippen LogP contribution in [0.5, 0.6) is 0 Å². The summed E-state index contributed by atoms with van der Waals surface area (Å²) in [6.07, 6.45) is 1.93. The van der Waals surface area contributed by atoms with Gasteiger partial charge in [0.1, 0.15) is 11.7 Å². The van der Waals surface area contributed by atoms with Gasteiger partial charge in [-0.2, -0.15) is 9.97 Å². The molecule has 2 saturated heterocycles. The van der Waals surface area contributed by atoms with Gasteiger partial charge in [0.25, 0.3) is 0 Å². The van der Waals surface area contributed by atoms with Crippen molar-refractivity contribution < 1.29 is 9.47 Å². The van der Waals surface area contributed by atoms with Crippen molar-refractivity contribution in [1.82, 2.24) is 15.0 Å². The van der Waals surface area contributed by atoms with E-state index in [2.05, 4.69) is 47.7 Å². The number of hydrogen-bond donors (Lipinski definition) is 1. The quantitative estimate of drug-likeness (QED) is 0.776. The molecule has 9 heteroatoms. The Bertz CT molecular complexity index is 1070. The molecule has 9 nitrogen and oxygen atoms in total. The summed E-state index contributed by atoms with van der Waals surface area (Å²) < 4.78 is 11.3. The van der Waals surface area contributed by atoms with Crippen LogP contribution in [0.4, 0.5) is 11.8 Å². The number of amidine groups is 1. The number of nitrogens with two attached hydrogens (primary N) is 1. The largest absolute Gasteiger partial charge is 0.384 e. The van der Waals surface area contributed by atoms with Crippen molar-refractivity contribution in [3.05, 3.63) is 23.9 Å². The molecular weight excluding hydrogens is 406 g/mol. The molecule has 2 aromatic heterocycles. The normalized spacial score (nSPS) is 26.8. The molecule has 2 fully saturated rings. The lowest BCUT2D eigenvalue weighted by molar-refractivity contribution is 0.0973. The van der Waals surface area contributed by atoms with Gasteiger partial charge >= 0.3 is 0 Å². The third-order valence-corrected chi connectivity index (χ3v) is 6.47. The van der Waals surface area contributed by atoms with Gasteiger partial charge in [0.2, 0.25) is 5.95 Å². The molecule has 0 aromatic carbocycles. The second kappa shape index (κ2) is 8.63. The van der Waals surface area contributed by atoms with Gasteiger partial charge in [0.05, 0.1) is 49.6 Å². The third-order valence-electron chi connectivity index (χ3n) is 6.47. The number of rotatable bonds is 3. The van der Waals surface area contributed by atoms with Crippen molar-refractivity contribution >= 4 is 34.2 Å². The maximum Gasteiger partial charge on any atom is 0.229 e. The van der Waals surface area contributed by atoms with E-state index in [4.69, 9.17) is 30.2 Å². The zero-order valence-electron chi connectivity index (χ0n) is 19.0. The Kier molecular flexibility index (Phi) is 5.69. The number of aliphatic imine (C=N–C) groups is 1. The van der Waals surface area contributed by atoms with Gasteiger partial charge < -0.3 is 25.0 Å². The van der Waals surface area contributed by atoms with E-state index in [-0.39, 0.29) is 18.0 Å². The van der Waals surface area contributed by atoms with Crippen molar-refractivity contribution in [2.75, 3.05) is 55.9 Å². The molecule has 3 atom stereocenters. The van der Waals surface area contributed by atoms with Crippen LogP contribution in [0.15, 0.2) is 23.2 Å². The number of nitrogens with zero attached hydrogens (tertiary/aromatic N) is 6. The van der Waals surface area contributed by atoms with E-state index in [9.17, 15) is 0 Å². The summed E-state index contributed by atoms with van der Waals surface area (Å²) in [4.78, 5) is 23.9. The van der Waals surface area contributed by atoms with Crippen LogP contribution in [0.2, 0.25) is 0 Å². The number of ether oxygens (including phenoxy) is 2. The van der Waals surface area contributed by atoms with E-state index in [0.29, 0.717) is 50.4 Å². The highest BCUT2D eigenvalue weighted by atomic mass is 16.5. The van der Waals surface area contributed by atoms with E-state index in [1.54, 1.807) is 0 Å². The fraction of sp³-hybridized carbons (Fsp3) is 0.565. The summed E-state index contributed by atoms with van der Waals surface area (Å²) >= 11 is 0. The van der Waals surface area contributed by atoms with Crippen LogP contribution in [0, 0.1) is 5.92 Å². The first-order chi connectivity index (χ1) is 15.5. The maximum atomic E-state index is 5.99. The van der Waals surface area contributed by atoms with Crippen LogP contribution in [0.25, 0.3) is 16.6 Å². The summed E-state index contributed by atoms with van der Waals surface area (Å²) in [5, 5.41) is 0.956. The van der Waals surface area contributed by atoms with E-state index in [1.807, 2.05) is 6.08 Å². The standard InChI is InChI=1S/C23H31N7O2/c1-14-11-25-20(24)10-18(14)19-5-4-17-21(26-19)27-23(30-7-9-32-13-16(30)3)28-22(17)29-6-8-31-12-15(29)2/h4-5,10,14-16H,6-9,11-13H2,1-3H3,(H2,24,25)/t14?,15-,16-/m0/s1. The zero-order valence-corrected chi connectivity index (χ0v) is 19.0. The highest BCUT2D eigenvalue weighted by Gasteiger charge is 2.28. The second-order valence-electron chi connectivity index (χ2n) is 8.92. The molecule has 3 aliphatic heterocycles. The minimum Gasteiger partial charge on any atom is -0.384 e. The third kappa shape index (κ3) is 3.91. The van der Waals surface area contributed by atoms with Crippen molar-refractivity contribution in [2.24, 2.45) is 16.6 Å². The Morgan fingerprint density at radius 1 is 0.938 bits per heavy atom. The summed E-state index contributed by atoms with van der Waals surface area (Å²) in [7, 11) is 0. The minimum absolute atomic E-state index is 0.205. The summed E-state index contributed by atoms with van der Waals surface area (Å²) in [5.74, 6) is 2.43. The minimum atomic E-state index is 0.205. The topological polar surface area (TPSA) is 102 Å². The lowest BCUT2D eigenvalue weighted by atomic mass is 9.95. The fourth-order valence-electron chi connectivity index (χ4n) is 4.57. The Labute approximate surface area is 188 Å². The molecule has 2 aromatic rings. The molecule has 0 saturated carbocycles. The molecule has 2 N–H and O–H groups in total. The Morgan fingerprint density at radius 3 is 2.38 bits per heavy atom. The Morgan fingerprint density at radius 2 is 1.66 bits per heavy atom. The van der Waals surface area contributed by atoms with Crippen molar-refractivity contribution in [3.63, 3.8) is 0 Å². The number of anilines is 2. The molecule has 0 spiro atoms. The predicted molar refractivity (Wildman–Crippen MR) is 126 cm³/mol. The SMILES string of the molecule is CC1CN=C(N)C=C1c1ccc2c(N3CCOC[C@@H]3C)nc(N3CCOC[C@@H]3C)nc2n1. The number of hydrogen-bond acceptors (Lipinski definition) is 9. The van der Waals surface area contributed by atoms with Crippen molar-refractivity contribution in [2.45, 2.75) is 32.9 Å². The number of aromatic nitrogens is 3. The van der Waals surface area contributed by atoms with Crippen molar-refractivity contribution in [1.29, 1.82) is 0 Å². The lowest BCUT2D eigenvalue weighted by Crippen LogP contribution is -2.46. The van der Waals surface area contributed by atoms with E-state index >= 15 is 0 Å². The molecule has 0 radical (unpaired) electrons. The zero-order chi connectivity index (χ0) is 22.2. The van der Waals surface area contributed by atoms with Crippen LogP contribution in [0.3, 0.4) is 0 Å². The van der Waals surface area contributed by atoms with Crippen LogP contribution in [-0.2, 0) is 9.47 Å². The highest BCUT2D eigenvalue weighted by Crippen LogP contribution is 2.32. The van der Waals surface area contributed by atoms with Crippen LogP contribution >= 0.6 is 0 Å². The molecule has 0 aliphatic carbocycles. The molecule has 5 rings (SSSR count). The Balaban J connectivity index is 1.64. The number of morpholine rings is 2. The van der Waals surface area contributed by atoms with Gasteiger partial charge in [0, 0.05) is 25.6 Å². The summed E-state index contributed by atoms with van der Waals surface area (Å²) in [6.45, 7) is 11.4. The second-order valence-corrected chi connectivity index (χ2v) is 8.92. The van der Waals surface area contributed by atoms with Crippen LogP contribution in [-0.4, -0.2) is 78.9 Å². The van der Waals surface area contributed by atoms with Gasteiger partial charge in [-0.3, -0.25) is 4.99 Å². The molecule has 0 amide bonds. The first-order valence-corrected chi connectivity index (χ1v) is 11.4. The summed E-state index contributed by atoms with van der Waals surface area (Å²) in [5.41, 5.74) is 8.69. The average molecular weight is 438 g/mol. The Hall–Kier alpha value is -2.78. The van der Waals surface area contributed by atoms with E-state index < -0.39 is 0 Å². The van der Waals surface area contributed by atoms with Crippen LogP contribution in [0.1, 0.15) is 26.5 Å². The highest BCUT2D eigenvalue weighted by molar-refractivity contribution is 6.00. The molecule has 0 bridgehead atoms. The number of fused-ring (bicyclic) bond motifs is 1. The summed E-state index contributed by atoms with van der Waals surface area (Å²) in [6, 6.07) is 4.58. The smallest absolute Gasteiger partial charge is 0.229 e. The van der Waals surface area contributed by atoms with Gasteiger partial charge in [-0.1, -0.05) is 6.92 Å². The predicted octanol–water partition coefficient (Wildman–Crippen LogP) is 1.87. The number of dihydropyridines is 1. The van der Waals surface area contributed by atoms with Crippen molar-refractivity contribution in [3.8, 4) is 0 Å². The van der Waals surface area contributed by atoms with Gasteiger partial charge in [-0.15, -0.1) is 0 Å². The fourth-order valence-corrected chi connectivity index (χ4v) is 4.57.